The Balaban J connectivity index is 1.83. The van der Waals surface area contributed by atoms with Crippen LogP contribution in [0.5, 0.6) is 0 Å². The lowest BCUT2D eigenvalue weighted by Gasteiger charge is -2.46. The van der Waals surface area contributed by atoms with Crippen LogP contribution in [0.25, 0.3) is 11.3 Å². The van der Waals surface area contributed by atoms with Gasteiger partial charge in [0.05, 0.1) is 25.1 Å². The second-order valence-electron chi connectivity index (χ2n) is 9.87. The van der Waals surface area contributed by atoms with Crippen molar-refractivity contribution in [2.75, 3.05) is 13.2 Å². The van der Waals surface area contributed by atoms with Gasteiger partial charge in [0.25, 0.3) is 0 Å². The quantitative estimate of drug-likeness (QED) is 0.254. The van der Waals surface area contributed by atoms with Crippen LogP contribution >= 0.6 is 0 Å². The molecule has 5 atom stereocenters. The molecule has 13 heteroatoms. The van der Waals surface area contributed by atoms with Gasteiger partial charge < -0.3 is 28.5 Å². The fraction of sp³-hybridized carbons (Fsp3) is 0.556. The fourth-order valence-electron chi connectivity index (χ4n) is 5.14. The first kappa shape index (κ1) is 30.0. The molecule has 1 aliphatic heterocycles. The van der Waals surface area contributed by atoms with Crippen LogP contribution < -0.4 is 0 Å². The summed E-state index contributed by atoms with van der Waals surface area (Å²) >= 11 is 0. The minimum atomic E-state index is -2.35. The molecule has 1 aromatic carbocycles. The molecule has 1 aliphatic rings. The van der Waals surface area contributed by atoms with E-state index in [0.29, 0.717) is 17.0 Å². The van der Waals surface area contributed by atoms with Crippen molar-refractivity contribution in [1.82, 2.24) is 20.0 Å². The Morgan fingerprint density at radius 3 is 2.55 bits per heavy atom. The van der Waals surface area contributed by atoms with E-state index in [-0.39, 0.29) is 18.3 Å². The van der Waals surface area contributed by atoms with Gasteiger partial charge >= 0.3 is 5.97 Å². The number of rotatable bonds is 11. The van der Waals surface area contributed by atoms with Crippen molar-refractivity contribution < 1.29 is 37.7 Å². The highest BCUT2D eigenvalue weighted by molar-refractivity contribution is 6.73. The Morgan fingerprint density at radius 2 is 1.93 bits per heavy atom. The zero-order valence-corrected chi connectivity index (χ0v) is 24.4. The van der Waals surface area contributed by atoms with E-state index >= 15 is 0 Å². The van der Waals surface area contributed by atoms with E-state index in [0.717, 1.165) is 18.1 Å². The molecule has 0 amide bonds. The largest absolute Gasteiger partial charge is 0.460 e. The third-order valence-corrected chi connectivity index (χ3v) is 12.3. The van der Waals surface area contributed by atoms with E-state index in [1.54, 1.807) is 32.2 Å². The number of halogens is 1. The fourth-order valence-corrected chi connectivity index (χ4v) is 7.98. The van der Waals surface area contributed by atoms with Crippen LogP contribution in [0.2, 0.25) is 18.1 Å². The van der Waals surface area contributed by atoms with Crippen molar-refractivity contribution in [3.8, 4) is 11.3 Å². The molecule has 0 bridgehead atoms. The molecule has 0 aliphatic carbocycles. The number of aryl methyl sites for hydroxylation is 1. The zero-order valence-electron chi connectivity index (χ0n) is 23.4. The van der Waals surface area contributed by atoms with Crippen molar-refractivity contribution in [1.29, 1.82) is 0 Å². The highest BCUT2D eigenvalue weighted by atomic mass is 28.4. The second kappa shape index (κ2) is 12.7. The molecule has 3 aromatic rings. The number of aliphatic hydroxyl groups is 2. The average molecular weight is 577 g/mol. The maximum absolute atomic E-state index is 13.9. The predicted molar refractivity (Wildman–Crippen MR) is 144 cm³/mol. The number of oxazole rings is 1. The highest BCUT2D eigenvalue weighted by Crippen LogP contribution is 2.43. The van der Waals surface area contributed by atoms with E-state index < -0.39 is 57.2 Å². The van der Waals surface area contributed by atoms with Crippen molar-refractivity contribution >= 4 is 14.3 Å². The molecule has 0 radical (unpaired) electrons. The summed E-state index contributed by atoms with van der Waals surface area (Å²) in [5.41, 5.74) is 1.23. The van der Waals surface area contributed by atoms with Gasteiger partial charge in [-0.3, -0.25) is 0 Å². The molecule has 40 heavy (non-hydrogen) atoms. The number of esters is 1. The maximum Gasteiger partial charge on any atom is 0.376 e. The van der Waals surface area contributed by atoms with E-state index in [4.69, 9.17) is 18.3 Å². The molecule has 2 N–H and O–H groups in total. The van der Waals surface area contributed by atoms with Crippen molar-refractivity contribution in [3.63, 3.8) is 0 Å². The minimum absolute atomic E-state index is 0.0541. The number of aliphatic hydroxyl groups excluding tert-OH is 2. The first-order valence-corrected chi connectivity index (χ1v) is 16.2. The molecular formula is C27H37FN4O7Si. The van der Waals surface area contributed by atoms with Crippen molar-refractivity contribution in [2.45, 2.75) is 83.2 Å². The summed E-state index contributed by atoms with van der Waals surface area (Å²) in [6.45, 7) is 9.20. The number of ether oxygens (including phenoxy) is 2. The van der Waals surface area contributed by atoms with E-state index in [1.807, 2.05) is 0 Å². The number of carbonyl (C=O) groups excluding carboxylic acids is 1. The number of benzene rings is 1. The standard InChI is InChI=1S/C27H37FN4O7Si/c1-6-36-27(35)23-16(5)29-26(38-23)25-24(39-40(7-2,8-3)9-4)21(22(34)20(15-33)37-25)32-14-19(30-31-32)17-11-10-12-18(28)13-17/h10-14,20-22,24-25,33-34H,6-9,15H2,1-5H3/t20-,21+,22+,24-,25-/m1/s1. The Labute approximate surface area is 233 Å². The average Bonchev–Trinajstić information content (AvgIpc) is 3.59. The zero-order chi connectivity index (χ0) is 29.0. The maximum atomic E-state index is 13.9. The van der Waals surface area contributed by atoms with Gasteiger partial charge in [0.2, 0.25) is 11.7 Å². The summed E-state index contributed by atoms with van der Waals surface area (Å²) in [6.07, 6.45) is -2.54. The summed E-state index contributed by atoms with van der Waals surface area (Å²) < 4.78 is 39.5. The molecule has 1 saturated heterocycles. The molecule has 218 valence electrons. The number of hydrogen-bond acceptors (Lipinski definition) is 10. The lowest BCUT2D eigenvalue weighted by molar-refractivity contribution is -0.209. The lowest BCUT2D eigenvalue weighted by Crippen LogP contribution is -2.56. The Hall–Kier alpha value is -2.97. The first-order chi connectivity index (χ1) is 19.2. The Bertz CT molecular complexity index is 1290. The Kier molecular flexibility index (Phi) is 9.51. The summed E-state index contributed by atoms with van der Waals surface area (Å²) in [6, 6.07) is 7.51. The number of nitrogens with zero attached hydrogens (tertiary/aromatic N) is 4. The van der Waals surface area contributed by atoms with Gasteiger partial charge in [-0.15, -0.1) is 5.10 Å². The topological polar surface area (TPSA) is 142 Å². The monoisotopic (exact) mass is 576 g/mol. The van der Waals surface area contributed by atoms with Crippen LogP contribution in [0.3, 0.4) is 0 Å². The van der Waals surface area contributed by atoms with E-state index in [2.05, 4.69) is 36.1 Å². The number of aromatic nitrogens is 4. The highest BCUT2D eigenvalue weighted by Gasteiger charge is 2.52. The summed E-state index contributed by atoms with van der Waals surface area (Å²) in [5.74, 6) is -1.06. The minimum Gasteiger partial charge on any atom is -0.460 e. The molecular weight excluding hydrogens is 539 g/mol. The summed E-state index contributed by atoms with van der Waals surface area (Å²) in [4.78, 5) is 17.0. The lowest BCUT2D eigenvalue weighted by atomic mass is 9.92. The summed E-state index contributed by atoms with van der Waals surface area (Å²) in [7, 11) is -2.35. The number of carbonyl (C=O) groups is 1. The molecule has 11 nitrogen and oxygen atoms in total. The van der Waals surface area contributed by atoms with Gasteiger partial charge in [-0.2, -0.15) is 0 Å². The SMILES string of the molecule is CCOC(=O)c1oc([C@@H]2O[C@H](CO)[C@H](O)[C@H](n3cc(-c4cccc(F)c4)nn3)[C@H]2O[Si](CC)(CC)CC)nc1C. The van der Waals surface area contributed by atoms with E-state index in [9.17, 15) is 19.4 Å². The number of hydrogen-bond donors (Lipinski definition) is 2. The van der Waals surface area contributed by atoms with Gasteiger partial charge in [-0.1, -0.05) is 38.1 Å². The van der Waals surface area contributed by atoms with Crippen LogP contribution in [0.1, 0.15) is 62.0 Å². The normalized spacial score (nSPS) is 23.4. The summed E-state index contributed by atoms with van der Waals surface area (Å²) in [5, 5.41) is 30.1. The van der Waals surface area contributed by atoms with Crippen LogP contribution in [-0.4, -0.2) is 76.0 Å². The smallest absolute Gasteiger partial charge is 0.376 e. The molecule has 3 heterocycles. The molecule has 2 aromatic heterocycles. The third-order valence-electron chi connectivity index (χ3n) is 7.64. The van der Waals surface area contributed by atoms with Crippen molar-refractivity contribution in [2.24, 2.45) is 0 Å². The molecule has 0 saturated carbocycles. The molecule has 0 spiro atoms. The Morgan fingerprint density at radius 1 is 1.20 bits per heavy atom. The second-order valence-corrected chi connectivity index (χ2v) is 14.6. The van der Waals surface area contributed by atoms with Gasteiger partial charge in [0, 0.05) is 5.56 Å². The van der Waals surface area contributed by atoms with Crippen LogP contribution in [0.15, 0.2) is 34.9 Å². The van der Waals surface area contributed by atoms with Gasteiger partial charge in [0.15, 0.2) is 14.4 Å². The van der Waals surface area contributed by atoms with Crippen molar-refractivity contribution in [3.05, 3.63) is 53.6 Å². The molecule has 4 rings (SSSR count). The van der Waals surface area contributed by atoms with E-state index in [1.165, 1.54) is 16.8 Å². The third kappa shape index (κ3) is 5.88. The first-order valence-electron chi connectivity index (χ1n) is 13.6. The van der Waals surface area contributed by atoms with Gasteiger partial charge in [0.1, 0.15) is 35.9 Å². The molecule has 0 unspecified atom stereocenters. The van der Waals surface area contributed by atoms with Crippen LogP contribution in [0, 0.1) is 12.7 Å². The van der Waals surface area contributed by atoms with Gasteiger partial charge in [-0.25, -0.2) is 18.9 Å². The van der Waals surface area contributed by atoms with Crippen LogP contribution in [0.4, 0.5) is 4.39 Å². The predicted octanol–water partition coefficient (Wildman–Crippen LogP) is 3.98. The van der Waals surface area contributed by atoms with Gasteiger partial charge in [-0.05, 0) is 44.1 Å². The molecule has 1 fully saturated rings. The van der Waals surface area contributed by atoms with Crippen LogP contribution in [-0.2, 0) is 13.9 Å².